The molecular formula is C14H25N3O2. The fourth-order valence-electron chi connectivity index (χ4n) is 2.59. The number of carbonyl (C=O) groups is 2. The van der Waals surface area contributed by atoms with Crippen molar-refractivity contribution in [3.8, 4) is 0 Å². The smallest absolute Gasteiger partial charge is 0.226 e. The molecule has 108 valence electrons. The monoisotopic (exact) mass is 267 g/mol. The van der Waals surface area contributed by atoms with Gasteiger partial charge < -0.3 is 15.5 Å². The standard InChI is InChI=1S/C14H25N3O2/c1-9(14(2,3)4)13(19)16-7-11(8-16)17-6-10(15)5-12(17)18/h9-11H,5-8,15H2,1-4H3. The summed E-state index contributed by atoms with van der Waals surface area (Å²) in [5.74, 6) is 0.332. The summed E-state index contributed by atoms with van der Waals surface area (Å²) in [4.78, 5) is 27.7. The van der Waals surface area contributed by atoms with Gasteiger partial charge in [-0.05, 0) is 5.41 Å². The molecule has 2 N–H and O–H groups in total. The van der Waals surface area contributed by atoms with Gasteiger partial charge >= 0.3 is 0 Å². The van der Waals surface area contributed by atoms with Crippen LogP contribution in [0.1, 0.15) is 34.1 Å². The highest BCUT2D eigenvalue weighted by Gasteiger charge is 2.42. The molecule has 0 aromatic carbocycles. The molecule has 0 bridgehead atoms. The van der Waals surface area contributed by atoms with Crippen LogP contribution in [0.3, 0.4) is 0 Å². The molecule has 0 saturated carbocycles. The molecule has 0 spiro atoms. The Hall–Kier alpha value is -1.10. The topological polar surface area (TPSA) is 66.6 Å². The molecular weight excluding hydrogens is 242 g/mol. The van der Waals surface area contributed by atoms with E-state index in [1.54, 1.807) is 0 Å². The first-order valence-corrected chi connectivity index (χ1v) is 7.04. The van der Waals surface area contributed by atoms with Crippen molar-refractivity contribution in [1.82, 2.24) is 9.80 Å². The fraction of sp³-hybridized carbons (Fsp3) is 0.857. The maximum atomic E-state index is 12.3. The van der Waals surface area contributed by atoms with Crippen molar-refractivity contribution < 1.29 is 9.59 Å². The zero-order chi connectivity index (χ0) is 14.4. The normalized spacial score (nSPS) is 26.6. The second-order valence-electron chi connectivity index (χ2n) is 7.00. The van der Waals surface area contributed by atoms with E-state index < -0.39 is 0 Å². The summed E-state index contributed by atoms with van der Waals surface area (Å²) in [6.45, 7) is 10.2. The Bertz CT molecular complexity index is 383. The second-order valence-corrected chi connectivity index (χ2v) is 7.00. The van der Waals surface area contributed by atoms with E-state index in [0.29, 0.717) is 26.1 Å². The zero-order valence-corrected chi connectivity index (χ0v) is 12.3. The first-order valence-electron chi connectivity index (χ1n) is 7.04. The number of amides is 2. The summed E-state index contributed by atoms with van der Waals surface area (Å²) < 4.78 is 0. The van der Waals surface area contributed by atoms with Gasteiger partial charge in [-0.2, -0.15) is 0 Å². The van der Waals surface area contributed by atoms with Gasteiger partial charge in [0.2, 0.25) is 11.8 Å². The SMILES string of the molecule is CC(C(=O)N1CC(N2CC(N)CC2=O)C1)C(C)(C)C. The van der Waals surface area contributed by atoms with Crippen LogP contribution >= 0.6 is 0 Å². The van der Waals surface area contributed by atoms with Crippen LogP contribution in [0.25, 0.3) is 0 Å². The van der Waals surface area contributed by atoms with Gasteiger partial charge in [-0.25, -0.2) is 0 Å². The van der Waals surface area contributed by atoms with Crippen LogP contribution in [0, 0.1) is 11.3 Å². The second kappa shape index (κ2) is 4.78. The lowest BCUT2D eigenvalue weighted by Gasteiger charge is -2.46. The highest BCUT2D eigenvalue weighted by atomic mass is 16.2. The van der Waals surface area contributed by atoms with Gasteiger partial charge in [0.05, 0.1) is 6.04 Å². The van der Waals surface area contributed by atoms with E-state index in [1.807, 2.05) is 16.7 Å². The summed E-state index contributed by atoms with van der Waals surface area (Å²) >= 11 is 0. The summed E-state index contributed by atoms with van der Waals surface area (Å²) in [7, 11) is 0. The van der Waals surface area contributed by atoms with Crippen LogP contribution in [0.4, 0.5) is 0 Å². The first kappa shape index (κ1) is 14.3. The fourth-order valence-corrected chi connectivity index (χ4v) is 2.59. The Kier molecular flexibility index (Phi) is 3.60. The van der Waals surface area contributed by atoms with Crippen molar-refractivity contribution in [3.05, 3.63) is 0 Å². The number of carbonyl (C=O) groups excluding carboxylic acids is 2. The molecule has 2 aliphatic heterocycles. The molecule has 0 aliphatic carbocycles. The lowest BCUT2D eigenvalue weighted by atomic mass is 9.80. The average molecular weight is 267 g/mol. The highest BCUT2D eigenvalue weighted by Crippen LogP contribution is 2.30. The third-order valence-electron chi connectivity index (χ3n) is 4.47. The molecule has 2 heterocycles. The van der Waals surface area contributed by atoms with E-state index in [4.69, 9.17) is 5.73 Å². The van der Waals surface area contributed by atoms with Crippen LogP contribution in [-0.2, 0) is 9.59 Å². The molecule has 0 aromatic rings. The number of nitrogens with two attached hydrogens (primary N) is 1. The van der Waals surface area contributed by atoms with E-state index in [2.05, 4.69) is 20.8 Å². The van der Waals surface area contributed by atoms with Gasteiger partial charge in [0, 0.05) is 38.0 Å². The Morgan fingerprint density at radius 2 is 1.89 bits per heavy atom. The number of hydrogen-bond donors (Lipinski definition) is 1. The highest BCUT2D eigenvalue weighted by molar-refractivity contribution is 5.82. The van der Waals surface area contributed by atoms with Crippen molar-refractivity contribution >= 4 is 11.8 Å². The van der Waals surface area contributed by atoms with Crippen molar-refractivity contribution in [3.63, 3.8) is 0 Å². The molecule has 2 aliphatic rings. The molecule has 5 nitrogen and oxygen atoms in total. The largest absolute Gasteiger partial charge is 0.338 e. The number of likely N-dealkylation sites (tertiary alicyclic amines) is 2. The third-order valence-corrected chi connectivity index (χ3v) is 4.47. The molecule has 0 aromatic heterocycles. The Balaban J connectivity index is 1.86. The van der Waals surface area contributed by atoms with Crippen LogP contribution in [0.15, 0.2) is 0 Å². The van der Waals surface area contributed by atoms with Gasteiger partial charge in [-0.3, -0.25) is 9.59 Å². The minimum atomic E-state index is -0.0363. The van der Waals surface area contributed by atoms with Crippen molar-refractivity contribution in [1.29, 1.82) is 0 Å². The minimum absolute atomic E-state index is 0.00462. The lowest BCUT2D eigenvalue weighted by Crippen LogP contribution is -2.63. The van der Waals surface area contributed by atoms with Gasteiger partial charge in [-0.15, -0.1) is 0 Å². The Labute approximate surface area is 115 Å². The summed E-state index contributed by atoms with van der Waals surface area (Å²) in [6, 6.07) is 0.142. The Morgan fingerprint density at radius 1 is 1.32 bits per heavy atom. The van der Waals surface area contributed by atoms with E-state index >= 15 is 0 Å². The van der Waals surface area contributed by atoms with Gasteiger partial charge in [0.25, 0.3) is 0 Å². The van der Waals surface area contributed by atoms with Crippen molar-refractivity contribution in [2.45, 2.75) is 46.2 Å². The van der Waals surface area contributed by atoms with Crippen LogP contribution in [0.2, 0.25) is 0 Å². The quantitative estimate of drug-likeness (QED) is 0.789. The van der Waals surface area contributed by atoms with Gasteiger partial charge in [0.1, 0.15) is 0 Å². The van der Waals surface area contributed by atoms with Crippen molar-refractivity contribution in [2.75, 3.05) is 19.6 Å². The average Bonchev–Trinajstić information content (AvgIpc) is 2.53. The van der Waals surface area contributed by atoms with E-state index in [-0.39, 0.29) is 35.2 Å². The first-order chi connectivity index (χ1) is 8.70. The van der Waals surface area contributed by atoms with Crippen LogP contribution in [-0.4, -0.2) is 53.3 Å². The predicted molar refractivity (Wildman–Crippen MR) is 73.3 cm³/mol. The van der Waals surface area contributed by atoms with Crippen LogP contribution < -0.4 is 5.73 Å². The van der Waals surface area contributed by atoms with E-state index in [1.165, 1.54) is 0 Å². The molecule has 2 unspecified atom stereocenters. The molecule has 19 heavy (non-hydrogen) atoms. The predicted octanol–water partition coefficient (Wildman–Crippen LogP) is 0.439. The molecule has 2 saturated heterocycles. The summed E-state index contributed by atoms with van der Waals surface area (Å²) in [6.07, 6.45) is 0.447. The number of nitrogens with zero attached hydrogens (tertiary/aromatic N) is 2. The summed E-state index contributed by atoms with van der Waals surface area (Å²) in [5.41, 5.74) is 5.77. The number of hydrogen-bond acceptors (Lipinski definition) is 3. The molecule has 2 fully saturated rings. The van der Waals surface area contributed by atoms with Crippen LogP contribution in [0.5, 0.6) is 0 Å². The lowest BCUT2D eigenvalue weighted by molar-refractivity contribution is -0.149. The molecule has 5 heteroatoms. The third kappa shape index (κ3) is 2.76. The van der Waals surface area contributed by atoms with Gasteiger partial charge in [-0.1, -0.05) is 27.7 Å². The summed E-state index contributed by atoms with van der Waals surface area (Å²) in [5, 5.41) is 0. The van der Waals surface area contributed by atoms with Crippen molar-refractivity contribution in [2.24, 2.45) is 17.1 Å². The molecule has 2 rings (SSSR count). The maximum absolute atomic E-state index is 12.3. The van der Waals surface area contributed by atoms with E-state index in [9.17, 15) is 9.59 Å². The maximum Gasteiger partial charge on any atom is 0.226 e. The van der Waals surface area contributed by atoms with E-state index in [0.717, 1.165) is 0 Å². The molecule has 2 amide bonds. The number of rotatable bonds is 2. The zero-order valence-electron chi connectivity index (χ0n) is 12.3. The molecule has 2 atom stereocenters. The molecule has 0 radical (unpaired) electrons. The van der Waals surface area contributed by atoms with Gasteiger partial charge in [0.15, 0.2) is 0 Å². The Morgan fingerprint density at radius 3 is 2.32 bits per heavy atom. The minimum Gasteiger partial charge on any atom is -0.338 e.